The van der Waals surface area contributed by atoms with Crippen LogP contribution in [0.3, 0.4) is 0 Å². The number of para-hydroxylation sites is 1. The minimum absolute atomic E-state index is 0.0618. The average Bonchev–Trinajstić information content (AvgIpc) is 2.97. The van der Waals surface area contributed by atoms with E-state index in [-0.39, 0.29) is 11.9 Å². The number of carbonyl (C=O) groups is 1. The molecule has 2 N–H and O–H groups in total. The number of rotatable bonds is 4. The maximum atomic E-state index is 12.5. The number of hydrogen-bond acceptors (Lipinski definition) is 2. The largest absolute Gasteiger partial charge is 0.349 e. The van der Waals surface area contributed by atoms with E-state index in [4.69, 9.17) is 0 Å². The highest BCUT2D eigenvalue weighted by Crippen LogP contribution is 2.16. The molecule has 0 spiro atoms. The van der Waals surface area contributed by atoms with Crippen molar-refractivity contribution < 1.29 is 4.79 Å². The number of amides is 1. The van der Waals surface area contributed by atoms with Crippen molar-refractivity contribution in [3.63, 3.8) is 0 Å². The summed E-state index contributed by atoms with van der Waals surface area (Å²) in [5.74, 6) is -0.0732. The maximum Gasteiger partial charge on any atom is 0.253 e. The third-order valence-corrected chi connectivity index (χ3v) is 3.89. The Morgan fingerprint density at radius 3 is 2.86 bits per heavy atom. The predicted molar refractivity (Wildman–Crippen MR) is 87.9 cm³/mol. The van der Waals surface area contributed by atoms with E-state index in [1.54, 1.807) is 6.20 Å². The Kier molecular flexibility index (Phi) is 3.92. The monoisotopic (exact) mass is 293 g/mol. The summed E-state index contributed by atoms with van der Waals surface area (Å²) in [6.45, 7) is 4.12. The zero-order valence-electron chi connectivity index (χ0n) is 12.8. The molecular formula is C18H19N3O. The molecule has 1 heterocycles. The summed E-state index contributed by atoms with van der Waals surface area (Å²) in [7, 11) is 0. The highest BCUT2D eigenvalue weighted by molar-refractivity contribution is 6.05. The van der Waals surface area contributed by atoms with Gasteiger partial charge in [0, 0.05) is 11.4 Å². The number of hydrogen-bond donors (Lipinski definition) is 2. The molecule has 2 aromatic carbocycles. The molecule has 0 saturated carbocycles. The Morgan fingerprint density at radius 1 is 1.23 bits per heavy atom. The van der Waals surface area contributed by atoms with Crippen molar-refractivity contribution in [2.75, 3.05) is 0 Å². The number of aromatic amines is 1. The van der Waals surface area contributed by atoms with E-state index < -0.39 is 0 Å². The Bertz CT molecular complexity index is 807. The summed E-state index contributed by atoms with van der Waals surface area (Å²) < 4.78 is 0. The van der Waals surface area contributed by atoms with Crippen molar-refractivity contribution in [1.29, 1.82) is 0 Å². The van der Waals surface area contributed by atoms with Crippen LogP contribution in [0.4, 0.5) is 0 Å². The second-order valence-electron chi connectivity index (χ2n) is 5.64. The van der Waals surface area contributed by atoms with Crippen LogP contribution in [0.5, 0.6) is 0 Å². The van der Waals surface area contributed by atoms with Crippen LogP contribution in [-0.2, 0) is 6.42 Å². The first-order valence-electron chi connectivity index (χ1n) is 7.42. The molecule has 0 radical (unpaired) electrons. The van der Waals surface area contributed by atoms with Crippen molar-refractivity contribution in [3.05, 3.63) is 65.4 Å². The van der Waals surface area contributed by atoms with Gasteiger partial charge in [0.15, 0.2) is 0 Å². The predicted octanol–water partition coefficient (Wildman–Crippen LogP) is 3.23. The number of aryl methyl sites for hydroxylation is 1. The first kappa shape index (κ1) is 14.3. The number of H-pyrrole nitrogens is 1. The molecule has 0 fully saturated rings. The highest BCUT2D eigenvalue weighted by Gasteiger charge is 2.14. The lowest BCUT2D eigenvalue weighted by atomic mass is 10.0. The van der Waals surface area contributed by atoms with Crippen molar-refractivity contribution >= 4 is 16.8 Å². The van der Waals surface area contributed by atoms with Gasteiger partial charge < -0.3 is 5.32 Å². The quantitative estimate of drug-likeness (QED) is 0.776. The molecule has 1 amide bonds. The van der Waals surface area contributed by atoms with Crippen LogP contribution in [0.25, 0.3) is 10.9 Å². The number of fused-ring (bicyclic) bond motifs is 1. The maximum absolute atomic E-state index is 12.5. The molecule has 0 aliphatic carbocycles. The van der Waals surface area contributed by atoms with Gasteiger partial charge >= 0.3 is 0 Å². The van der Waals surface area contributed by atoms with Crippen LogP contribution in [0.15, 0.2) is 48.7 Å². The molecule has 3 rings (SSSR count). The molecule has 1 aromatic heterocycles. The summed E-state index contributed by atoms with van der Waals surface area (Å²) >= 11 is 0. The van der Waals surface area contributed by atoms with Crippen molar-refractivity contribution in [3.8, 4) is 0 Å². The fourth-order valence-electron chi connectivity index (χ4n) is 2.68. The van der Waals surface area contributed by atoms with Gasteiger partial charge in [-0.05, 0) is 37.5 Å². The molecule has 3 aromatic rings. The van der Waals surface area contributed by atoms with Gasteiger partial charge in [-0.1, -0.05) is 36.4 Å². The van der Waals surface area contributed by atoms with Crippen LogP contribution in [-0.4, -0.2) is 22.1 Å². The summed E-state index contributed by atoms with van der Waals surface area (Å²) in [6, 6.07) is 13.9. The van der Waals surface area contributed by atoms with Crippen molar-refractivity contribution in [2.24, 2.45) is 0 Å². The topological polar surface area (TPSA) is 57.8 Å². The molecule has 4 nitrogen and oxygen atoms in total. The molecule has 0 bridgehead atoms. The van der Waals surface area contributed by atoms with Crippen LogP contribution >= 0.6 is 0 Å². The molecule has 1 atom stereocenters. The number of nitrogens with zero attached hydrogens (tertiary/aromatic N) is 1. The zero-order valence-corrected chi connectivity index (χ0v) is 12.8. The van der Waals surface area contributed by atoms with Crippen molar-refractivity contribution in [1.82, 2.24) is 15.5 Å². The minimum atomic E-state index is -0.0732. The molecule has 4 heteroatoms. The first-order valence-corrected chi connectivity index (χ1v) is 7.42. The van der Waals surface area contributed by atoms with Gasteiger partial charge in [-0.3, -0.25) is 9.89 Å². The van der Waals surface area contributed by atoms with E-state index in [9.17, 15) is 4.79 Å². The smallest absolute Gasteiger partial charge is 0.253 e. The van der Waals surface area contributed by atoms with Crippen LogP contribution in [0, 0.1) is 6.92 Å². The van der Waals surface area contributed by atoms with Crippen LogP contribution in [0.1, 0.15) is 28.4 Å². The third-order valence-electron chi connectivity index (χ3n) is 3.89. The summed E-state index contributed by atoms with van der Waals surface area (Å²) in [5.41, 5.74) is 3.92. The Morgan fingerprint density at radius 2 is 2.05 bits per heavy atom. The van der Waals surface area contributed by atoms with E-state index >= 15 is 0 Å². The van der Waals surface area contributed by atoms with E-state index in [1.807, 2.05) is 37.3 Å². The molecule has 0 saturated heterocycles. The SMILES string of the molecule is Cc1ccccc1C[C@@H](C)NC(=O)c1cccc2cn[nH]c12. The Hall–Kier alpha value is -2.62. The van der Waals surface area contributed by atoms with Gasteiger partial charge in [-0.25, -0.2) is 0 Å². The van der Waals surface area contributed by atoms with Crippen molar-refractivity contribution in [2.45, 2.75) is 26.3 Å². The Labute approximate surface area is 129 Å². The van der Waals surface area contributed by atoms with Gasteiger partial charge in [-0.15, -0.1) is 0 Å². The normalized spacial score (nSPS) is 12.3. The van der Waals surface area contributed by atoms with E-state index in [2.05, 4.69) is 34.6 Å². The minimum Gasteiger partial charge on any atom is -0.349 e. The fourth-order valence-corrected chi connectivity index (χ4v) is 2.68. The average molecular weight is 293 g/mol. The second kappa shape index (κ2) is 6.02. The summed E-state index contributed by atoms with van der Waals surface area (Å²) in [5, 5.41) is 10.9. The number of nitrogens with one attached hydrogen (secondary N) is 2. The second-order valence-corrected chi connectivity index (χ2v) is 5.64. The highest BCUT2D eigenvalue weighted by atomic mass is 16.1. The van der Waals surface area contributed by atoms with Crippen LogP contribution in [0.2, 0.25) is 0 Å². The molecule has 0 unspecified atom stereocenters. The lowest BCUT2D eigenvalue weighted by Crippen LogP contribution is -2.34. The van der Waals surface area contributed by atoms with Gasteiger partial charge in [0.2, 0.25) is 0 Å². The third kappa shape index (κ3) is 2.86. The number of benzene rings is 2. The number of carbonyl (C=O) groups excluding carboxylic acids is 1. The lowest BCUT2D eigenvalue weighted by Gasteiger charge is -2.15. The molecule has 0 aliphatic rings. The lowest BCUT2D eigenvalue weighted by molar-refractivity contribution is 0.0941. The fraction of sp³-hybridized carbons (Fsp3) is 0.222. The van der Waals surface area contributed by atoms with Gasteiger partial charge in [-0.2, -0.15) is 5.10 Å². The zero-order chi connectivity index (χ0) is 15.5. The number of aromatic nitrogens is 2. The molecular weight excluding hydrogens is 274 g/mol. The van der Waals surface area contributed by atoms with E-state index in [0.717, 1.165) is 17.3 Å². The van der Waals surface area contributed by atoms with Gasteiger partial charge in [0.25, 0.3) is 5.91 Å². The summed E-state index contributed by atoms with van der Waals surface area (Å²) in [6.07, 6.45) is 2.54. The van der Waals surface area contributed by atoms with E-state index in [0.29, 0.717) is 5.56 Å². The Balaban J connectivity index is 1.74. The standard InChI is InChI=1S/C18H19N3O/c1-12-6-3-4-7-14(12)10-13(2)20-18(22)16-9-5-8-15-11-19-21-17(15)16/h3-9,11,13H,10H2,1-2H3,(H,19,21)(H,20,22)/t13-/m1/s1. The molecule has 22 heavy (non-hydrogen) atoms. The first-order chi connectivity index (χ1) is 10.6. The molecule has 112 valence electrons. The molecule has 0 aliphatic heterocycles. The van der Waals surface area contributed by atoms with Crippen LogP contribution < -0.4 is 5.32 Å². The summed E-state index contributed by atoms with van der Waals surface area (Å²) in [4.78, 5) is 12.5. The van der Waals surface area contributed by atoms with E-state index in [1.165, 1.54) is 11.1 Å². The van der Waals surface area contributed by atoms with Gasteiger partial charge in [0.1, 0.15) is 0 Å². The van der Waals surface area contributed by atoms with Gasteiger partial charge in [0.05, 0.1) is 17.3 Å².